The number of isothiocyanates is 1. The quantitative estimate of drug-likeness (QED) is 0.357. The summed E-state index contributed by atoms with van der Waals surface area (Å²) in [6.07, 6.45) is 14.9. The van der Waals surface area contributed by atoms with E-state index in [9.17, 15) is 0 Å². The highest BCUT2D eigenvalue weighted by atomic mass is 32.1. The Balaban J connectivity index is 0.000000369. The monoisotopic (exact) mass is 305 g/mol. The second-order valence-electron chi connectivity index (χ2n) is 5.61. The van der Waals surface area contributed by atoms with Gasteiger partial charge in [0, 0.05) is 0 Å². The molecule has 0 spiro atoms. The number of unbranched alkanes of at least 4 members (excludes halogenated alkanes) is 3. The van der Waals surface area contributed by atoms with Crippen LogP contribution in [0.4, 0.5) is 0 Å². The van der Waals surface area contributed by atoms with Crippen LogP contribution in [0, 0.1) is 11.3 Å². The highest BCUT2D eigenvalue weighted by molar-refractivity contribution is 7.78. The number of hydrogen-bond acceptors (Lipinski definition) is 2. The van der Waals surface area contributed by atoms with Crippen molar-refractivity contribution in [2.45, 2.75) is 71.1 Å². The molecular weight excluding hydrogens is 274 g/mol. The standard InChI is InChI=1S/C12H24.C6H6.CHNS/c1-2-3-4-6-9-12-10-7-5-8-11-12;1-2-4-6-5-3-1;2-1-3/h12H,2-11H2,1H3;1-6H;2H. The van der Waals surface area contributed by atoms with Gasteiger partial charge < -0.3 is 0 Å². The third kappa shape index (κ3) is 15.2. The molecule has 0 amide bonds. The van der Waals surface area contributed by atoms with Gasteiger partial charge in [0.25, 0.3) is 0 Å². The van der Waals surface area contributed by atoms with Gasteiger partial charge in [0.05, 0.1) is 5.16 Å². The van der Waals surface area contributed by atoms with Gasteiger partial charge in [-0.2, -0.15) is 0 Å². The molecule has 1 nitrogen and oxygen atoms in total. The zero-order valence-electron chi connectivity index (χ0n) is 13.5. The van der Waals surface area contributed by atoms with E-state index in [1.165, 1.54) is 64.2 Å². The average molecular weight is 306 g/mol. The molecule has 1 N–H and O–H groups in total. The molecule has 1 aliphatic carbocycles. The zero-order valence-corrected chi connectivity index (χ0v) is 14.3. The lowest BCUT2D eigenvalue weighted by Gasteiger charge is -2.21. The molecule has 0 heterocycles. The van der Waals surface area contributed by atoms with Crippen molar-refractivity contribution in [2.75, 3.05) is 0 Å². The summed E-state index contributed by atoms with van der Waals surface area (Å²) in [4.78, 5) is 0. The summed E-state index contributed by atoms with van der Waals surface area (Å²) in [6, 6.07) is 12.0. The van der Waals surface area contributed by atoms with Crippen molar-refractivity contribution < 1.29 is 0 Å². The third-order valence-corrected chi connectivity index (χ3v) is 3.86. The Hall–Kier alpha value is -0.980. The van der Waals surface area contributed by atoms with Crippen LogP contribution in [0.1, 0.15) is 71.1 Å². The van der Waals surface area contributed by atoms with E-state index in [4.69, 9.17) is 5.41 Å². The Morgan fingerprint density at radius 3 is 1.81 bits per heavy atom. The van der Waals surface area contributed by atoms with Gasteiger partial charge in [-0.3, -0.25) is 0 Å². The van der Waals surface area contributed by atoms with Gasteiger partial charge in [0.15, 0.2) is 0 Å². The molecule has 1 aromatic rings. The Morgan fingerprint density at radius 2 is 1.38 bits per heavy atom. The van der Waals surface area contributed by atoms with Gasteiger partial charge in [-0.1, -0.05) is 108 Å². The van der Waals surface area contributed by atoms with Crippen LogP contribution >= 0.6 is 12.2 Å². The zero-order chi connectivity index (χ0) is 15.6. The molecule has 1 fully saturated rings. The van der Waals surface area contributed by atoms with Gasteiger partial charge in [0.1, 0.15) is 0 Å². The Morgan fingerprint density at radius 1 is 0.905 bits per heavy atom. The van der Waals surface area contributed by atoms with E-state index < -0.39 is 0 Å². The predicted octanol–water partition coefficient (Wildman–Crippen LogP) is 6.89. The molecule has 0 radical (unpaired) electrons. The first-order valence-electron chi connectivity index (χ1n) is 8.39. The molecular formula is C19H31NS. The molecule has 1 aromatic carbocycles. The molecule has 0 unspecified atom stereocenters. The highest BCUT2D eigenvalue weighted by Gasteiger charge is 2.11. The highest BCUT2D eigenvalue weighted by Crippen LogP contribution is 2.27. The van der Waals surface area contributed by atoms with Crippen molar-refractivity contribution >= 4 is 17.4 Å². The Labute approximate surface area is 136 Å². The van der Waals surface area contributed by atoms with Crippen molar-refractivity contribution in [2.24, 2.45) is 5.92 Å². The minimum absolute atomic E-state index is 1.11. The molecule has 2 heteroatoms. The number of benzene rings is 1. The number of rotatable bonds is 5. The summed E-state index contributed by atoms with van der Waals surface area (Å²) in [5.74, 6) is 1.11. The molecule has 0 aliphatic heterocycles. The molecule has 2 rings (SSSR count). The number of thiocarbonyl (C=S) groups is 1. The van der Waals surface area contributed by atoms with Crippen LogP contribution < -0.4 is 0 Å². The van der Waals surface area contributed by atoms with Crippen LogP contribution in [-0.2, 0) is 0 Å². The molecule has 21 heavy (non-hydrogen) atoms. The normalized spacial score (nSPS) is 14.0. The van der Waals surface area contributed by atoms with Gasteiger partial charge in [-0.25, -0.2) is 5.41 Å². The molecule has 0 saturated heterocycles. The SMILES string of the molecule is CCCCCCC1CCCCC1.N=C=S.c1ccccc1. The molecule has 1 aliphatic rings. The molecule has 0 atom stereocenters. The number of nitrogens with one attached hydrogen (secondary N) is 1. The largest absolute Gasteiger partial charge is 0.248 e. The van der Waals surface area contributed by atoms with Crippen molar-refractivity contribution in [1.82, 2.24) is 0 Å². The fourth-order valence-electron chi connectivity index (χ4n) is 2.72. The predicted molar refractivity (Wildman–Crippen MR) is 97.1 cm³/mol. The first kappa shape index (κ1) is 20.0. The molecule has 0 aromatic heterocycles. The van der Waals surface area contributed by atoms with Gasteiger partial charge in [-0.05, 0) is 18.1 Å². The minimum Gasteiger partial charge on any atom is -0.248 e. The topological polar surface area (TPSA) is 23.9 Å². The lowest BCUT2D eigenvalue weighted by molar-refractivity contribution is 0.328. The summed E-state index contributed by atoms with van der Waals surface area (Å²) in [7, 11) is 0. The fraction of sp³-hybridized carbons (Fsp3) is 0.632. The molecule has 1 saturated carbocycles. The van der Waals surface area contributed by atoms with Gasteiger partial charge >= 0.3 is 0 Å². The Bertz CT molecular complexity index is 298. The third-order valence-electron chi connectivity index (χ3n) is 3.86. The summed E-state index contributed by atoms with van der Waals surface area (Å²) < 4.78 is 0. The van der Waals surface area contributed by atoms with Crippen molar-refractivity contribution in [3.05, 3.63) is 36.4 Å². The van der Waals surface area contributed by atoms with E-state index in [1.807, 2.05) is 36.4 Å². The van der Waals surface area contributed by atoms with Gasteiger partial charge in [0.2, 0.25) is 0 Å². The summed E-state index contributed by atoms with van der Waals surface area (Å²) >= 11 is 3.81. The first-order valence-corrected chi connectivity index (χ1v) is 8.79. The van der Waals surface area contributed by atoms with Crippen LogP contribution in [0.15, 0.2) is 36.4 Å². The summed E-state index contributed by atoms with van der Waals surface area (Å²) in [5, 5.41) is 7.36. The van der Waals surface area contributed by atoms with E-state index in [2.05, 4.69) is 19.1 Å². The van der Waals surface area contributed by atoms with Crippen LogP contribution in [0.3, 0.4) is 0 Å². The maximum absolute atomic E-state index is 5.77. The minimum atomic E-state index is 1.11. The van der Waals surface area contributed by atoms with E-state index in [0.717, 1.165) is 5.92 Å². The van der Waals surface area contributed by atoms with Crippen molar-refractivity contribution in [1.29, 1.82) is 5.41 Å². The lowest BCUT2D eigenvalue weighted by Crippen LogP contribution is -2.05. The average Bonchev–Trinajstić information content (AvgIpc) is 2.56. The van der Waals surface area contributed by atoms with Crippen LogP contribution in [-0.4, -0.2) is 5.16 Å². The smallest absolute Gasteiger partial charge is 0.0554 e. The summed E-state index contributed by atoms with van der Waals surface area (Å²) in [6.45, 7) is 2.29. The van der Waals surface area contributed by atoms with Crippen LogP contribution in [0.5, 0.6) is 0 Å². The van der Waals surface area contributed by atoms with Crippen LogP contribution in [0.2, 0.25) is 0 Å². The second kappa shape index (κ2) is 17.1. The Kier molecular flexibility index (Phi) is 16.3. The van der Waals surface area contributed by atoms with Crippen LogP contribution in [0.25, 0.3) is 0 Å². The van der Waals surface area contributed by atoms with Gasteiger partial charge in [-0.15, -0.1) is 0 Å². The molecule has 0 bridgehead atoms. The van der Waals surface area contributed by atoms with E-state index >= 15 is 0 Å². The maximum Gasteiger partial charge on any atom is 0.0554 e. The van der Waals surface area contributed by atoms with E-state index in [-0.39, 0.29) is 0 Å². The molecule has 118 valence electrons. The maximum atomic E-state index is 5.77. The van der Waals surface area contributed by atoms with Crippen molar-refractivity contribution in [3.8, 4) is 0 Å². The second-order valence-corrected chi connectivity index (χ2v) is 5.81. The lowest BCUT2D eigenvalue weighted by atomic mass is 9.85. The number of hydrogen-bond donors (Lipinski definition) is 1. The summed E-state index contributed by atoms with van der Waals surface area (Å²) in [5.41, 5.74) is 0. The van der Waals surface area contributed by atoms with E-state index in [0.29, 0.717) is 0 Å². The first-order chi connectivity index (χ1) is 10.3. The van der Waals surface area contributed by atoms with E-state index in [1.54, 1.807) is 5.16 Å². The fourth-order valence-corrected chi connectivity index (χ4v) is 2.72. The van der Waals surface area contributed by atoms with Crippen molar-refractivity contribution in [3.63, 3.8) is 0 Å².